The van der Waals surface area contributed by atoms with Crippen molar-refractivity contribution in [2.45, 2.75) is 23.6 Å². The second kappa shape index (κ2) is 10.4. The fraction of sp³-hybridized carbons (Fsp3) is 0.167. The Morgan fingerprint density at radius 1 is 0.611 bits per heavy atom. The summed E-state index contributed by atoms with van der Waals surface area (Å²) in [5.74, 6) is -0.659. The highest BCUT2D eigenvalue weighted by Gasteiger charge is 2.28. The minimum absolute atomic E-state index is 0.149. The van der Waals surface area contributed by atoms with Crippen molar-refractivity contribution in [3.63, 3.8) is 0 Å². The summed E-state index contributed by atoms with van der Waals surface area (Å²) in [7, 11) is -6.19. The summed E-state index contributed by atoms with van der Waals surface area (Å²) in [5, 5.41) is 0. The van der Waals surface area contributed by atoms with Crippen molar-refractivity contribution in [3.05, 3.63) is 71.8 Å². The molecule has 0 bridgehead atoms. The van der Waals surface area contributed by atoms with Gasteiger partial charge < -0.3 is 9.47 Å². The van der Waals surface area contributed by atoms with Crippen molar-refractivity contribution in [1.82, 2.24) is 0 Å². The SMILES string of the molecule is COc1cc(OC)c(S(=O)(=O)Nc2ccc(C(C)=O)cc2)cc1S(=O)(=O)Nc1ccc(C(C)=O)cc1. The lowest BCUT2D eigenvalue weighted by Gasteiger charge is -2.17. The van der Waals surface area contributed by atoms with Gasteiger partial charge in [0.05, 0.1) is 14.2 Å². The van der Waals surface area contributed by atoms with Gasteiger partial charge in [-0.1, -0.05) is 0 Å². The van der Waals surface area contributed by atoms with E-state index in [4.69, 9.17) is 9.47 Å². The predicted octanol–water partition coefficient (Wildman–Crippen LogP) is 3.71. The first-order chi connectivity index (χ1) is 16.9. The van der Waals surface area contributed by atoms with Crippen LogP contribution in [0.5, 0.6) is 11.5 Å². The van der Waals surface area contributed by atoms with E-state index in [1.165, 1.54) is 76.6 Å². The normalized spacial score (nSPS) is 11.4. The van der Waals surface area contributed by atoms with E-state index in [9.17, 15) is 26.4 Å². The van der Waals surface area contributed by atoms with Crippen molar-refractivity contribution in [1.29, 1.82) is 0 Å². The van der Waals surface area contributed by atoms with Gasteiger partial charge in [-0.15, -0.1) is 0 Å². The minimum Gasteiger partial charge on any atom is -0.495 e. The van der Waals surface area contributed by atoms with Gasteiger partial charge in [-0.25, -0.2) is 16.8 Å². The molecular formula is C24H24N2O8S2. The lowest BCUT2D eigenvalue weighted by Crippen LogP contribution is -2.18. The van der Waals surface area contributed by atoms with Crippen LogP contribution < -0.4 is 18.9 Å². The van der Waals surface area contributed by atoms with Crippen LogP contribution in [0.2, 0.25) is 0 Å². The zero-order valence-corrected chi connectivity index (χ0v) is 21.5. The van der Waals surface area contributed by atoms with Crippen LogP contribution in [0, 0.1) is 0 Å². The first-order valence-electron chi connectivity index (χ1n) is 10.4. The van der Waals surface area contributed by atoms with Gasteiger partial charge in [0, 0.05) is 28.6 Å². The maximum absolute atomic E-state index is 13.2. The van der Waals surface area contributed by atoms with Crippen LogP contribution in [0.15, 0.2) is 70.5 Å². The van der Waals surface area contributed by atoms with Crippen LogP contribution in [0.3, 0.4) is 0 Å². The molecule has 0 unspecified atom stereocenters. The molecule has 0 heterocycles. The number of hydrogen-bond acceptors (Lipinski definition) is 8. The Morgan fingerprint density at radius 3 is 1.22 bits per heavy atom. The summed E-state index contributed by atoms with van der Waals surface area (Å²) in [5.41, 5.74) is 1.11. The third-order valence-corrected chi connectivity index (χ3v) is 7.92. The average molecular weight is 533 g/mol. The molecule has 36 heavy (non-hydrogen) atoms. The van der Waals surface area contributed by atoms with Crippen molar-refractivity contribution in [2.75, 3.05) is 23.7 Å². The Bertz CT molecular complexity index is 1400. The number of sulfonamides is 2. The van der Waals surface area contributed by atoms with Gasteiger partial charge in [-0.05, 0) is 68.4 Å². The number of anilines is 2. The number of hydrogen-bond donors (Lipinski definition) is 2. The summed E-state index contributed by atoms with van der Waals surface area (Å²) >= 11 is 0. The predicted molar refractivity (Wildman–Crippen MR) is 134 cm³/mol. The maximum Gasteiger partial charge on any atom is 0.265 e. The molecule has 3 rings (SSSR count). The van der Waals surface area contributed by atoms with E-state index in [0.717, 1.165) is 12.1 Å². The molecule has 3 aromatic rings. The molecule has 190 valence electrons. The number of ketones is 2. The molecule has 0 aliphatic rings. The first kappa shape index (κ1) is 26.7. The molecule has 0 atom stereocenters. The third-order valence-electron chi connectivity index (χ3n) is 5.12. The van der Waals surface area contributed by atoms with Gasteiger partial charge in [0.25, 0.3) is 20.0 Å². The van der Waals surface area contributed by atoms with E-state index in [2.05, 4.69) is 9.44 Å². The second-order valence-electron chi connectivity index (χ2n) is 7.63. The van der Waals surface area contributed by atoms with Gasteiger partial charge >= 0.3 is 0 Å². The van der Waals surface area contributed by atoms with E-state index in [1.54, 1.807) is 0 Å². The molecule has 0 spiro atoms. The molecule has 0 aliphatic heterocycles. The van der Waals surface area contributed by atoms with E-state index in [0.29, 0.717) is 11.1 Å². The molecule has 0 aliphatic carbocycles. The van der Waals surface area contributed by atoms with Gasteiger partial charge in [0.2, 0.25) is 0 Å². The number of benzene rings is 3. The van der Waals surface area contributed by atoms with Gasteiger partial charge in [0.15, 0.2) is 11.6 Å². The standard InChI is InChI=1S/C24H24N2O8S2/c1-15(27)17-5-9-19(10-6-17)25-35(29,30)23-14-24(22(34-4)13-21(23)33-3)36(31,32)26-20-11-7-18(8-12-20)16(2)28/h5-14,25-26H,1-4H3. The lowest BCUT2D eigenvalue weighted by molar-refractivity contribution is 0.100. The number of methoxy groups -OCH3 is 2. The largest absolute Gasteiger partial charge is 0.495 e. The molecule has 12 heteroatoms. The summed E-state index contributed by atoms with van der Waals surface area (Å²) in [6.07, 6.45) is 0. The molecule has 0 aromatic heterocycles. The fourth-order valence-corrected chi connectivity index (χ4v) is 5.78. The Hall–Kier alpha value is -3.90. The quantitative estimate of drug-likeness (QED) is 0.376. The van der Waals surface area contributed by atoms with Crippen LogP contribution in [-0.2, 0) is 20.0 Å². The molecule has 0 fully saturated rings. The van der Waals surface area contributed by atoms with Gasteiger partial charge in [-0.3, -0.25) is 19.0 Å². The summed E-state index contributed by atoms with van der Waals surface area (Å²) in [4.78, 5) is 22.0. The fourth-order valence-electron chi connectivity index (χ4n) is 3.23. The maximum atomic E-state index is 13.2. The van der Waals surface area contributed by atoms with Gasteiger partial charge in [-0.2, -0.15) is 0 Å². The summed E-state index contributed by atoms with van der Waals surface area (Å²) in [6, 6.07) is 13.6. The summed E-state index contributed by atoms with van der Waals surface area (Å²) < 4.78 is 67.9. The molecule has 0 amide bonds. The zero-order chi connectivity index (χ0) is 26.7. The topological polar surface area (TPSA) is 145 Å². The number of nitrogens with one attached hydrogen (secondary N) is 2. The molecule has 0 saturated carbocycles. The van der Waals surface area contributed by atoms with Crippen molar-refractivity contribution in [2.24, 2.45) is 0 Å². The smallest absolute Gasteiger partial charge is 0.265 e. The lowest BCUT2D eigenvalue weighted by atomic mass is 10.1. The van der Waals surface area contributed by atoms with Crippen LogP contribution in [0.1, 0.15) is 34.6 Å². The molecule has 3 aromatic carbocycles. The molecule has 2 N–H and O–H groups in total. The van der Waals surface area contributed by atoms with E-state index in [1.807, 2.05) is 0 Å². The van der Waals surface area contributed by atoms with Crippen LogP contribution >= 0.6 is 0 Å². The summed E-state index contributed by atoms with van der Waals surface area (Å²) in [6.45, 7) is 2.77. The highest BCUT2D eigenvalue weighted by Crippen LogP contribution is 2.36. The molecule has 0 saturated heterocycles. The average Bonchev–Trinajstić information content (AvgIpc) is 2.83. The van der Waals surface area contributed by atoms with Crippen molar-refractivity contribution in [3.8, 4) is 11.5 Å². The number of rotatable bonds is 10. The Balaban J connectivity index is 2.03. The highest BCUT2D eigenvalue weighted by atomic mass is 32.2. The Kier molecular flexibility index (Phi) is 7.70. The molecular weight excluding hydrogens is 508 g/mol. The Labute approximate surface area is 209 Å². The van der Waals surface area contributed by atoms with E-state index in [-0.39, 0.29) is 34.4 Å². The van der Waals surface area contributed by atoms with Crippen molar-refractivity contribution >= 4 is 43.0 Å². The monoisotopic (exact) mass is 532 g/mol. The number of ether oxygens (including phenoxy) is 2. The van der Waals surface area contributed by atoms with Crippen LogP contribution in [0.4, 0.5) is 11.4 Å². The Morgan fingerprint density at radius 2 is 0.944 bits per heavy atom. The third kappa shape index (κ3) is 5.83. The van der Waals surface area contributed by atoms with Crippen molar-refractivity contribution < 1.29 is 35.9 Å². The molecule has 10 nitrogen and oxygen atoms in total. The highest BCUT2D eigenvalue weighted by molar-refractivity contribution is 7.93. The first-order valence-corrected chi connectivity index (χ1v) is 13.4. The van der Waals surface area contributed by atoms with Crippen LogP contribution in [0.25, 0.3) is 0 Å². The second-order valence-corrected chi connectivity index (χ2v) is 10.9. The molecule has 0 radical (unpaired) electrons. The minimum atomic E-state index is -4.33. The van der Waals surface area contributed by atoms with E-state index < -0.39 is 29.8 Å². The zero-order valence-electron chi connectivity index (χ0n) is 19.9. The number of carbonyl (C=O) groups is 2. The number of carbonyl (C=O) groups excluding carboxylic acids is 2. The van der Waals surface area contributed by atoms with Crippen LogP contribution in [-0.4, -0.2) is 42.6 Å². The number of Topliss-reactive ketones (excluding diaryl/α,β-unsaturated/α-hetero) is 2. The van der Waals surface area contributed by atoms with E-state index >= 15 is 0 Å². The van der Waals surface area contributed by atoms with Gasteiger partial charge in [0.1, 0.15) is 21.3 Å².